The second-order valence-corrected chi connectivity index (χ2v) is 4.21. The van der Waals surface area contributed by atoms with Crippen molar-refractivity contribution < 1.29 is 23.4 Å². The van der Waals surface area contributed by atoms with Crippen LogP contribution in [0.15, 0.2) is 41.0 Å². The van der Waals surface area contributed by atoms with E-state index in [0.717, 1.165) is 6.07 Å². The number of carbonyl (C=O) groups is 1. The molecule has 112 valence electrons. The predicted octanol–water partition coefficient (Wildman–Crippen LogP) is 2.28. The Hall–Kier alpha value is -2.54. The van der Waals surface area contributed by atoms with Gasteiger partial charge in [-0.25, -0.2) is 9.18 Å². The van der Waals surface area contributed by atoms with E-state index in [0.29, 0.717) is 11.4 Å². The molecule has 0 aliphatic rings. The molecule has 0 fully saturated rings. The number of aliphatic hydroxyl groups excluding tert-OH is 1. The molecule has 0 spiro atoms. The van der Waals surface area contributed by atoms with Crippen LogP contribution < -0.4 is 15.4 Å². The molecule has 2 aromatic rings. The lowest BCUT2D eigenvalue weighted by Crippen LogP contribution is -2.32. The van der Waals surface area contributed by atoms with Gasteiger partial charge in [-0.2, -0.15) is 0 Å². The fourth-order valence-electron chi connectivity index (χ4n) is 1.71. The van der Waals surface area contributed by atoms with Crippen LogP contribution >= 0.6 is 0 Å². The van der Waals surface area contributed by atoms with Gasteiger partial charge >= 0.3 is 6.03 Å². The zero-order valence-corrected chi connectivity index (χ0v) is 11.3. The number of amides is 2. The van der Waals surface area contributed by atoms with Crippen molar-refractivity contribution in [3.05, 3.63) is 48.2 Å². The summed E-state index contributed by atoms with van der Waals surface area (Å²) < 4.78 is 23.0. The Morgan fingerprint density at radius 2 is 2.29 bits per heavy atom. The van der Waals surface area contributed by atoms with Gasteiger partial charge in [-0.15, -0.1) is 0 Å². The number of ether oxygens (including phenoxy) is 1. The smallest absolute Gasteiger partial charge is 0.319 e. The molecule has 1 aromatic heterocycles. The summed E-state index contributed by atoms with van der Waals surface area (Å²) in [6.07, 6.45) is 0.489. The molecule has 2 amide bonds. The average Bonchev–Trinajstić information content (AvgIpc) is 3.01. The number of aliphatic hydroxyl groups is 1. The molecule has 0 saturated carbocycles. The van der Waals surface area contributed by atoms with E-state index in [1.807, 2.05) is 0 Å². The third-order valence-electron chi connectivity index (χ3n) is 2.74. The number of benzene rings is 1. The van der Waals surface area contributed by atoms with Gasteiger partial charge in [0.2, 0.25) is 0 Å². The highest BCUT2D eigenvalue weighted by atomic mass is 19.1. The van der Waals surface area contributed by atoms with Crippen LogP contribution in [0.3, 0.4) is 0 Å². The summed E-state index contributed by atoms with van der Waals surface area (Å²) in [7, 11) is 1.37. The first-order valence-corrected chi connectivity index (χ1v) is 6.20. The highest BCUT2D eigenvalue weighted by Crippen LogP contribution is 2.24. The maximum absolute atomic E-state index is 13.0. The highest BCUT2D eigenvalue weighted by Gasteiger charge is 2.13. The van der Waals surface area contributed by atoms with Gasteiger partial charge in [-0.05, 0) is 24.3 Å². The summed E-state index contributed by atoms with van der Waals surface area (Å²) in [5.74, 6) is 0.0949. The lowest BCUT2D eigenvalue weighted by atomic mass is 10.2. The van der Waals surface area contributed by atoms with Crippen LogP contribution in [0, 0.1) is 5.82 Å². The van der Waals surface area contributed by atoms with E-state index in [9.17, 15) is 14.3 Å². The monoisotopic (exact) mass is 294 g/mol. The van der Waals surface area contributed by atoms with Crippen molar-refractivity contribution in [3.63, 3.8) is 0 Å². The van der Waals surface area contributed by atoms with Crippen molar-refractivity contribution in [2.45, 2.75) is 6.10 Å². The van der Waals surface area contributed by atoms with Crippen LogP contribution in [0.1, 0.15) is 11.9 Å². The first-order valence-electron chi connectivity index (χ1n) is 6.20. The van der Waals surface area contributed by atoms with Gasteiger partial charge in [0.1, 0.15) is 23.4 Å². The Balaban J connectivity index is 1.90. The molecule has 0 aliphatic carbocycles. The first kappa shape index (κ1) is 14.9. The number of urea groups is 1. The fraction of sp³-hybridized carbons (Fsp3) is 0.214. The van der Waals surface area contributed by atoms with Crippen molar-refractivity contribution in [1.29, 1.82) is 0 Å². The van der Waals surface area contributed by atoms with Crippen molar-refractivity contribution in [3.8, 4) is 5.75 Å². The minimum absolute atomic E-state index is 0.0249. The zero-order valence-electron chi connectivity index (χ0n) is 11.3. The van der Waals surface area contributed by atoms with Crippen molar-refractivity contribution in [2.75, 3.05) is 19.0 Å². The maximum Gasteiger partial charge on any atom is 0.319 e. The highest BCUT2D eigenvalue weighted by molar-refractivity contribution is 5.90. The second-order valence-electron chi connectivity index (χ2n) is 4.21. The van der Waals surface area contributed by atoms with Crippen molar-refractivity contribution >= 4 is 11.7 Å². The Labute approximate surface area is 120 Å². The number of anilines is 1. The maximum atomic E-state index is 13.0. The molecule has 1 heterocycles. The van der Waals surface area contributed by atoms with Crippen LogP contribution in [0.5, 0.6) is 5.75 Å². The van der Waals surface area contributed by atoms with E-state index in [1.165, 1.54) is 25.5 Å². The van der Waals surface area contributed by atoms with E-state index in [-0.39, 0.29) is 12.3 Å². The minimum Gasteiger partial charge on any atom is -0.494 e. The summed E-state index contributed by atoms with van der Waals surface area (Å²) in [6, 6.07) is 6.44. The summed E-state index contributed by atoms with van der Waals surface area (Å²) in [5, 5.41) is 14.7. The van der Waals surface area contributed by atoms with E-state index in [2.05, 4.69) is 10.6 Å². The van der Waals surface area contributed by atoms with Crippen LogP contribution in [0.25, 0.3) is 0 Å². The molecule has 1 atom stereocenters. The molecule has 0 saturated heterocycles. The van der Waals surface area contributed by atoms with E-state index in [4.69, 9.17) is 9.15 Å². The molecule has 6 nitrogen and oxygen atoms in total. The van der Waals surface area contributed by atoms with Gasteiger partial charge < -0.3 is 24.9 Å². The lowest BCUT2D eigenvalue weighted by Gasteiger charge is -2.12. The minimum atomic E-state index is -0.944. The van der Waals surface area contributed by atoms with Crippen molar-refractivity contribution in [2.24, 2.45) is 0 Å². The summed E-state index contributed by atoms with van der Waals surface area (Å²) in [4.78, 5) is 11.7. The van der Waals surface area contributed by atoms with E-state index in [1.54, 1.807) is 12.1 Å². The number of hydrogen-bond donors (Lipinski definition) is 3. The molecular weight excluding hydrogens is 279 g/mol. The van der Waals surface area contributed by atoms with Gasteiger partial charge in [0.15, 0.2) is 0 Å². The van der Waals surface area contributed by atoms with E-state index < -0.39 is 18.0 Å². The number of carbonyl (C=O) groups excluding carboxylic acids is 1. The average molecular weight is 294 g/mol. The molecular formula is C14H15FN2O4. The zero-order chi connectivity index (χ0) is 15.2. The SMILES string of the molecule is COc1cc(F)ccc1NC(=O)NC[C@@H](O)c1ccco1. The predicted molar refractivity (Wildman–Crippen MR) is 73.6 cm³/mol. The van der Waals surface area contributed by atoms with Gasteiger partial charge in [-0.1, -0.05) is 0 Å². The molecule has 0 aliphatic heterocycles. The van der Waals surface area contributed by atoms with Crippen LogP contribution in [-0.4, -0.2) is 24.8 Å². The number of rotatable bonds is 5. The lowest BCUT2D eigenvalue weighted by molar-refractivity contribution is 0.149. The standard InChI is InChI=1S/C14H15FN2O4/c1-20-13-7-9(15)4-5-10(13)17-14(19)16-8-11(18)12-3-2-6-21-12/h2-7,11,18H,8H2,1H3,(H2,16,17,19)/t11-/m1/s1. The molecule has 7 heteroatoms. The Morgan fingerprint density at radius 3 is 2.95 bits per heavy atom. The van der Waals surface area contributed by atoms with Gasteiger partial charge in [0, 0.05) is 6.07 Å². The molecule has 0 bridgehead atoms. The summed E-state index contributed by atoms with van der Waals surface area (Å²) in [5.41, 5.74) is 0.323. The molecule has 21 heavy (non-hydrogen) atoms. The Kier molecular flexibility index (Phi) is 4.78. The van der Waals surface area contributed by atoms with E-state index >= 15 is 0 Å². The van der Waals surface area contributed by atoms with Crippen LogP contribution in [0.2, 0.25) is 0 Å². The number of furan rings is 1. The first-order chi connectivity index (χ1) is 10.1. The number of hydrogen-bond acceptors (Lipinski definition) is 4. The normalized spacial score (nSPS) is 11.8. The summed E-state index contributed by atoms with van der Waals surface area (Å²) in [6.45, 7) is -0.0249. The third-order valence-corrected chi connectivity index (χ3v) is 2.74. The quantitative estimate of drug-likeness (QED) is 0.790. The van der Waals surface area contributed by atoms with Gasteiger partial charge in [0.05, 0.1) is 25.6 Å². The van der Waals surface area contributed by atoms with Gasteiger partial charge in [-0.3, -0.25) is 0 Å². The van der Waals surface area contributed by atoms with Gasteiger partial charge in [0.25, 0.3) is 0 Å². The third kappa shape index (κ3) is 3.96. The molecule has 2 rings (SSSR count). The number of halogens is 1. The second kappa shape index (κ2) is 6.76. The molecule has 0 unspecified atom stereocenters. The fourth-order valence-corrected chi connectivity index (χ4v) is 1.71. The Bertz CT molecular complexity index is 601. The van der Waals surface area contributed by atoms with Crippen LogP contribution in [-0.2, 0) is 0 Å². The molecule has 1 aromatic carbocycles. The molecule has 0 radical (unpaired) electrons. The van der Waals surface area contributed by atoms with Crippen molar-refractivity contribution in [1.82, 2.24) is 5.32 Å². The number of nitrogens with one attached hydrogen (secondary N) is 2. The topological polar surface area (TPSA) is 83.7 Å². The summed E-state index contributed by atoms with van der Waals surface area (Å²) >= 11 is 0. The molecule has 3 N–H and O–H groups in total. The van der Waals surface area contributed by atoms with Crippen LogP contribution in [0.4, 0.5) is 14.9 Å². The number of methoxy groups -OCH3 is 1. The Morgan fingerprint density at radius 1 is 1.48 bits per heavy atom. The largest absolute Gasteiger partial charge is 0.494 e.